The predicted octanol–water partition coefficient (Wildman–Crippen LogP) is 4.10. The first-order valence-corrected chi connectivity index (χ1v) is 8.05. The fraction of sp³-hybridized carbons (Fsp3) is 0.333. The van der Waals surface area contributed by atoms with Crippen LogP contribution in [0.25, 0.3) is 0 Å². The van der Waals surface area contributed by atoms with Gasteiger partial charge in [0.05, 0.1) is 6.04 Å². The van der Waals surface area contributed by atoms with Gasteiger partial charge in [0.1, 0.15) is 11.6 Å². The largest absolute Gasteiger partial charge is 0.314 e. The van der Waals surface area contributed by atoms with Gasteiger partial charge in [-0.3, -0.25) is 4.90 Å². The van der Waals surface area contributed by atoms with Gasteiger partial charge in [-0.05, 0) is 23.6 Å². The highest BCUT2D eigenvalue weighted by Gasteiger charge is 2.29. The molecule has 2 nitrogen and oxygen atoms in total. The van der Waals surface area contributed by atoms with Gasteiger partial charge in [0, 0.05) is 41.6 Å². The first kappa shape index (κ1) is 17.6. The van der Waals surface area contributed by atoms with Crippen LogP contribution in [-0.2, 0) is 0 Å². The molecule has 0 unspecified atom stereocenters. The molecule has 1 fully saturated rings. The molecule has 1 atom stereocenters. The van der Waals surface area contributed by atoms with Gasteiger partial charge in [0.2, 0.25) is 0 Å². The number of rotatable bonds is 3. The summed E-state index contributed by atoms with van der Waals surface area (Å²) in [6.07, 6.45) is 0. The van der Waals surface area contributed by atoms with Crippen LogP contribution in [0.2, 0.25) is 5.02 Å². The van der Waals surface area contributed by atoms with E-state index in [4.69, 9.17) is 11.6 Å². The summed E-state index contributed by atoms with van der Waals surface area (Å²) in [7, 11) is 0. The van der Waals surface area contributed by atoms with Crippen molar-refractivity contribution in [1.29, 1.82) is 0 Å². The number of nitrogens with one attached hydrogen (secondary N) is 1. The van der Waals surface area contributed by atoms with Gasteiger partial charge >= 0.3 is 0 Å². The highest BCUT2D eigenvalue weighted by Crippen LogP contribution is 2.36. The zero-order valence-corrected chi connectivity index (χ0v) is 14.1. The summed E-state index contributed by atoms with van der Waals surface area (Å²) >= 11 is 7.25. The van der Waals surface area contributed by atoms with Crippen LogP contribution >= 0.6 is 35.3 Å². The van der Waals surface area contributed by atoms with Crippen LogP contribution in [0, 0.1) is 11.6 Å². The number of hydrogen-bond donors (Lipinski definition) is 1. The van der Waals surface area contributed by atoms with E-state index in [1.807, 2.05) is 17.5 Å². The van der Waals surface area contributed by atoms with Crippen molar-refractivity contribution in [3.8, 4) is 0 Å². The first-order valence-electron chi connectivity index (χ1n) is 6.79. The summed E-state index contributed by atoms with van der Waals surface area (Å²) in [6, 6.07) is 5.79. The third kappa shape index (κ3) is 3.60. The van der Waals surface area contributed by atoms with E-state index in [2.05, 4.69) is 10.2 Å². The Hall–Kier alpha value is -0.720. The zero-order valence-electron chi connectivity index (χ0n) is 11.7. The Kier molecular flexibility index (Phi) is 6.17. The van der Waals surface area contributed by atoms with Crippen molar-refractivity contribution in [2.24, 2.45) is 0 Å². The Morgan fingerprint density at radius 1 is 1.18 bits per heavy atom. The van der Waals surface area contributed by atoms with Gasteiger partial charge in [-0.25, -0.2) is 8.78 Å². The van der Waals surface area contributed by atoms with E-state index in [0.717, 1.165) is 31.1 Å². The number of halogens is 4. The van der Waals surface area contributed by atoms with E-state index in [1.165, 1.54) is 23.5 Å². The average Bonchev–Trinajstić information content (AvgIpc) is 2.97. The summed E-state index contributed by atoms with van der Waals surface area (Å²) in [4.78, 5) is 3.05. The third-order valence-corrected chi connectivity index (χ3v) is 4.79. The lowest BCUT2D eigenvalue weighted by Crippen LogP contribution is -2.45. The highest BCUT2D eigenvalue weighted by molar-refractivity contribution is 7.10. The molecule has 1 aromatic carbocycles. The normalized spacial score (nSPS) is 17.0. The van der Waals surface area contributed by atoms with Gasteiger partial charge in [-0.2, -0.15) is 0 Å². The minimum atomic E-state index is -0.586. The van der Waals surface area contributed by atoms with E-state index in [1.54, 1.807) is 0 Å². The Labute approximate surface area is 143 Å². The summed E-state index contributed by atoms with van der Waals surface area (Å²) in [6.45, 7) is 3.14. The molecule has 120 valence electrons. The summed E-state index contributed by atoms with van der Waals surface area (Å²) in [5.41, 5.74) is 0.0868. The van der Waals surface area contributed by atoms with E-state index < -0.39 is 17.7 Å². The van der Waals surface area contributed by atoms with Crippen LogP contribution < -0.4 is 5.32 Å². The molecule has 0 amide bonds. The van der Waals surface area contributed by atoms with Gasteiger partial charge < -0.3 is 5.32 Å². The monoisotopic (exact) mass is 364 g/mol. The van der Waals surface area contributed by atoms with Crippen LogP contribution in [0.5, 0.6) is 0 Å². The molecule has 0 bridgehead atoms. The second-order valence-electron chi connectivity index (χ2n) is 4.99. The molecule has 3 rings (SSSR count). The molecule has 1 aliphatic heterocycles. The molecule has 2 aromatic rings. The fourth-order valence-corrected chi connectivity index (χ4v) is 3.77. The Morgan fingerprint density at radius 3 is 2.36 bits per heavy atom. The number of thiophene rings is 1. The third-order valence-electron chi connectivity index (χ3n) is 3.65. The van der Waals surface area contributed by atoms with Crippen molar-refractivity contribution >= 4 is 35.3 Å². The second kappa shape index (κ2) is 7.70. The molecule has 1 N–H and O–H groups in total. The second-order valence-corrected chi connectivity index (χ2v) is 6.40. The maximum absolute atomic E-state index is 14.3. The van der Waals surface area contributed by atoms with Crippen LogP contribution in [0.1, 0.15) is 16.5 Å². The minimum absolute atomic E-state index is 0. The van der Waals surface area contributed by atoms with E-state index in [-0.39, 0.29) is 23.0 Å². The minimum Gasteiger partial charge on any atom is -0.314 e. The van der Waals surface area contributed by atoms with Crippen molar-refractivity contribution in [2.75, 3.05) is 26.2 Å². The van der Waals surface area contributed by atoms with Crippen molar-refractivity contribution < 1.29 is 8.78 Å². The molecule has 0 aliphatic carbocycles. The lowest BCUT2D eigenvalue weighted by atomic mass is 10.0. The molecule has 2 heterocycles. The summed E-state index contributed by atoms with van der Waals surface area (Å²) in [5, 5.41) is 5.27. The van der Waals surface area contributed by atoms with Crippen LogP contribution in [0.4, 0.5) is 8.78 Å². The van der Waals surface area contributed by atoms with Crippen molar-refractivity contribution in [1.82, 2.24) is 10.2 Å². The smallest absolute Gasteiger partial charge is 0.132 e. The van der Waals surface area contributed by atoms with Crippen LogP contribution in [-0.4, -0.2) is 31.1 Å². The highest BCUT2D eigenvalue weighted by atomic mass is 35.5. The first-order chi connectivity index (χ1) is 10.2. The maximum atomic E-state index is 14.3. The number of piperazine rings is 1. The SMILES string of the molecule is Cl.Fc1cc(Cl)cc(F)c1[C@H](c1cccs1)N1CCNCC1. The van der Waals surface area contributed by atoms with Crippen LogP contribution in [0.15, 0.2) is 29.6 Å². The Morgan fingerprint density at radius 2 is 1.82 bits per heavy atom. The molecular formula is C15H16Cl2F2N2S. The summed E-state index contributed by atoms with van der Waals surface area (Å²) < 4.78 is 28.7. The maximum Gasteiger partial charge on any atom is 0.132 e. The molecule has 0 radical (unpaired) electrons. The fourth-order valence-electron chi connectivity index (χ4n) is 2.71. The van der Waals surface area contributed by atoms with Crippen molar-refractivity contribution in [2.45, 2.75) is 6.04 Å². The van der Waals surface area contributed by atoms with Crippen molar-refractivity contribution in [3.63, 3.8) is 0 Å². The molecule has 1 saturated heterocycles. The van der Waals surface area contributed by atoms with Gasteiger partial charge in [0.15, 0.2) is 0 Å². The van der Waals surface area contributed by atoms with Gasteiger partial charge in [0.25, 0.3) is 0 Å². The van der Waals surface area contributed by atoms with Gasteiger partial charge in [-0.15, -0.1) is 23.7 Å². The van der Waals surface area contributed by atoms with E-state index >= 15 is 0 Å². The van der Waals surface area contributed by atoms with Gasteiger partial charge in [-0.1, -0.05) is 17.7 Å². The van der Waals surface area contributed by atoms with Crippen molar-refractivity contribution in [3.05, 3.63) is 56.7 Å². The lowest BCUT2D eigenvalue weighted by Gasteiger charge is -2.35. The Bertz CT molecular complexity index is 593. The molecule has 0 saturated carbocycles. The van der Waals surface area contributed by atoms with Crippen LogP contribution in [0.3, 0.4) is 0 Å². The molecule has 1 aliphatic rings. The quantitative estimate of drug-likeness (QED) is 0.881. The molecule has 22 heavy (non-hydrogen) atoms. The molecule has 1 aromatic heterocycles. The Balaban J connectivity index is 0.00000176. The van der Waals surface area contributed by atoms with E-state index in [0.29, 0.717) is 0 Å². The number of nitrogens with zero attached hydrogens (tertiary/aromatic N) is 1. The molecule has 0 spiro atoms. The number of hydrogen-bond acceptors (Lipinski definition) is 3. The lowest BCUT2D eigenvalue weighted by molar-refractivity contribution is 0.194. The standard InChI is InChI=1S/C15H15ClF2N2S.ClH/c16-10-8-11(17)14(12(18)9-10)15(13-2-1-7-21-13)20-5-3-19-4-6-20;/h1-2,7-9,15,19H,3-6H2;1H/t15-;/m0./s1. The topological polar surface area (TPSA) is 15.3 Å². The summed E-state index contributed by atoms with van der Waals surface area (Å²) in [5.74, 6) is -1.17. The average molecular weight is 365 g/mol. The van der Waals surface area contributed by atoms with E-state index in [9.17, 15) is 8.78 Å². The zero-order chi connectivity index (χ0) is 14.8. The molecule has 7 heteroatoms. The predicted molar refractivity (Wildman–Crippen MR) is 89.2 cm³/mol. The molecular weight excluding hydrogens is 349 g/mol. The number of benzene rings is 1.